The molecule has 0 aromatic rings. The van der Waals surface area contributed by atoms with Gasteiger partial charge in [0.1, 0.15) is 0 Å². The van der Waals surface area contributed by atoms with Gasteiger partial charge in [0.2, 0.25) is 0 Å². The summed E-state index contributed by atoms with van der Waals surface area (Å²) in [7, 11) is 0. The summed E-state index contributed by atoms with van der Waals surface area (Å²) in [5.41, 5.74) is 10.9. The van der Waals surface area contributed by atoms with Gasteiger partial charge in [-0.25, -0.2) is 0 Å². The van der Waals surface area contributed by atoms with E-state index in [1.165, 1.54) is 0 Å². The second-order valence-corrected chi connectivity index (χ2v) is 7.51. The van der Waals surface area contributed by atoms with Crippen LogP contribution in [0.5, 0.6) is 0 Å². The molecule has 2 aliphatic carbocycles. The summed E-state index contributed by atoms with van der Waals surface area (Å²) in [6.07, 6.45) is -5.86. The summed E-state index contributed by atoms with van der Waals surface area (Å²) >= 11 is 0. The normalized spacial score (nSPS) is 31.2. The Bertz CT molecular complexity index is 369. The number of nitrogens with two attached hydrogens (primary N) is 2. The lowest BCUT2D eigenvalue weighted by molar-refractivity contribution is -0.191. The van der Waals surface area contributed by atoms with Crippen LogP contribution in [0, 0.1) is 23.7 Å². The van der Waals surface area contributed by atoms with Gasteiger partial charge in [0.25, 0.3) is 0 Å². The standard InChI is InChI=1S/2C8H14F3NO/c2*9-8(10,11)6(4-13)1-5-2-7(12)3-5/h2*5-7,13H,1-4,12H2/t2*5?,6-,7?/m11/s1. The lowest BCUT2D eigenvalue weighted by Crippen LogP contribution is -2.39. The number of hydrogen-bond donors (Lipinski definition) is 4. The van der Waals surface area contributed by atoms with Crippen molar-refractivity contribution in [2.24, 2.45) is 35.1 Å². The molecule has 0 unspecified atom stereocenters. The quantitative estimate of drug-likeness (QED) is 0.521. The van der Waals surface area contributed by atoms with Crippen molar-refractivity contribution in [2.45, 2.75) is 63.0 Å². The van der Waals surface area contributed by atoms with Crippen molar-refractivity contribution in [3.8, 4) is 0 Å². The summed E-state index contributed by atoms with van der Waals surface area (Å²) in [6.45, 7) is -1.62. The Balaban J connectivity index is 0.000000260. The predicted molar refractivity (Wildman–Crippen MR) is 83.9 cm³/mol. The van der Waals surface area contributed by atoms with Gasteiger partial charge in [-0.2, -0.15) is 26.3 Å². The van der Waals surface area contributed by atoms with Gasteiger partial charge in [0.05, 0.1) is 25.0 Å². The van der Waals surface area contributed by atoms with Crippen LogP contribution in [0.4, 0.5) is 26.3 Å². The van der Waals surface area contributed by atoms with Crippen LogP contribution in [0.2, 0.25) is 0 Å². The van der Waals surface area contributed by atoms with Crippen molar-refractivity contribution >= 4 is 0 Å². The van der Waals surface area contributed by atoms with Crippen LogP contribution in [0.15, 0.2) is 0 Å². The van der Waals surface area contributed by atoms with Gasteiger partial charge in [-0.05, 0) is 50.4 Å². The Morgan fingerprint density at radius 1 is 0.692 bits per heavy atom. The van der Waals surface area contributed by atoms with Gasteiger partial charge in [0.15, 0.2) is 0 Å². The number of halogens is 6. The number of aliphatic hydroxyl groups excluding tert-OH is 2. The molecule has 6 N–H and O–H groups in total. The van der Waals surface area contributed by atoms with Gasteiger partial charge < -0.3 is 21.7 Å². The minimum absolute atomic E-state index is 0.0215. The van der Waals surface area contributed by atoms with Crippen LogP contribution in [0.3, 0.4) is 0 Å². The Morgan fingerprint density at radius 3 is 1.12 bits per heavy atom. The maximum absolute atomic E-state index is 12.1. The highest BCUT2D eigenvalue weighted by molar-refractivity contribution is 4.85. The van der Waals surface area contributed by atoms with E-state index in [1.54, 1.807) is 0 Å². The zero-order valence-corrected chi connectivity index (χ0v) is 14.4. The maximum Gasteiger partial charge on any atom is 0.394 e. The Morgan fingerprint density at radius 2 is 0.962 bits per heavy atom. The van der Waals surface area contributed by atoms with Crippen molar-refractivity contribution in [1.29, 1.82) is 0 Å². The highest BCUT2D eigenvalue weighted by Gasteiger charge is 2.43. The lowest BCUT2D eigenvalue weighted by atomic mass is 9.75. The molecular formula is C16H28F6N2O2. The fourth-order valence-corrected chi connectivity index (χ4v) is 3.39. The molecule has 0 radical (unpaired) electrons. The van der Waals surface area contributed by atoms with E-state index in [4.69, 9.17) is 21.7 Å². The molecular weight excluding hydrogens is 366 g/mol. The SMILES string of the molecule is NC1CC(C[C@H](CO)C(F)(F)F)C1.NC1CC(C[C@H](CO)C(F)(F)F)C1. The first-order chi connectivity index (χ1) is 11.9. The third kappa shape index (κ3) is 7.58. The second-order valence-electron chi connectivity index (χ2n) is 7.51. The van der Waals surface area contributed by atoms with Crippen LogP contribution in [-0.4, -0.2) is 47.9 Å². The van der Waals surface area contributed by atoms with Crippen molar-refractivity contribution in [3.63, 3.8) is 0 Å². The largest absolute Gasteiger partial charge is 0.396 e. The minimum atomic E-state index is -4.27. The Kier molecular flexibility index (Phi) is 8.63. The second kappa shape index (κ2) is 9.57. The highest BCUT2D eigenvalue weighted by Crippen LogP contribution is 2.38. The molecule has 156 valence electrons. The van der Waals surface area contributed by atoms with Gasteiger partial charge >= 0.3 is 12.4 Å². The Labute approximate surface area is 148 Å². The molecule has 2 rings (SSSR count). The van der Waals surface area contributed by atoms with Crippen molar-refractivity contribution in [1.82, 2.24) is 0 Å². The summed E-state index contributed by atoms with van der Waals surface area (Å²) in [5, 5.41) is 17.1. The third-order valence-electron chi connectivity index (χ3n) is 5.15. The van der Waals surface area contributed by atoms with E-state index >= 15 is 0 Å². The first-order valence-corrected chi connectivity index (χ1v) is 8.73. The molecule has 10 heteroatoms. The van der Waals surface area contributed by atoms with Crippen molar-refractivity contribution < 1.29 is 36.6 Å². The summed E-state index contributed by atoms with van der Waals surface area (Å²) < 4.78 is 72.9. The maximum atomic E-state index is 12.1. The summed E-state index contributed by atoms with van der Waals surface area (Å²) in [5.74, 6) is -3.03. The molecule has 0 saturated heterocycles. The fraction of sp³-hybridized carbons (Fsp3) is 1.00. The fourth-order valence-electron chi connectivity index (χ4n) is 3.39. The molecule has 2 atom stereocenters. The van der Waals surface area contributed by atoms with Crippen LogP contribution >= 0.6 is 0 Å². The summed E-state index contributed by atoms with van der Waals surface area (Å²) in [6, 6.07) is 0.134. The van der Waals surface area contributed by atoms with E-state index in [0.717, 1.165) is 0 Å². The molecule has 4 nitrogen and oxygen atoms in total. The van der Waals surface area contributed by atoms with Gasteiger partial charge in [0, 0.05) is 12.1 Å². The molecule has 0 spiro atoms. The average molecular weight is 394 g/mol. The molecule has 2 saturated carbocycles. The highest BCUT2D eigenvalue weighted by atomic mass is 19.4. The zero-order valence-electron chi connectivity index (χ0n) is 14.4. The number of aliphatic hydroxyl groups is 2. The van der Waals surface area contributed by atoms with Gasteiger partial charge in [-0.1, -0.05) is 0 Å². The van der Waals surface area contributed by atoms with E-state index < -0.39 is 37.4 Å². The monoisotopic (exact) mass is 394 g/mol. The first kappa shape index (κ1) is 23.5. The van der Waals surface area contributed by atoms with E-state index in [0.29, 0.717) is 25.7 Å². The van der Waals surface area contributed by atoms with E-state index in [9.17, 15) is 26.3 Å². The number of hydrogen-bond acceptors (Lipinski definition) is 4. The lowest BCUT2D eigenvalue weighted by Gasteiger charge is -2.35. The first-order valence-electron chi connectivity index (χ1n) is 8.73. The molecule has 0 amide bonds. The van der Waals surface area contributed by atoms with Crippen molar-refractivity contribution in [2.75, 3.05) is 13.2 Å². The molecule has 26 heavy (non-hydrogen) atoms. The molecule has 2 fully saturated rings. The van der Waals surface area contributed by atoms with E-state index in [2.05, 4.69) is 0 Å². The number of alkyl halides is 6. The predicted octanol–water partition coefficient (Wildman–Crippen LogP) is 2.57. The van der Waals surface area contributed by atoms with Crippen LogP contribution in [0.25, 0.3) is 0 Å². The topological polar surface area (TPSA) is 92.5 Å². The number of rotatable bonds is 6. The minimum Gasteiger partial charge on any atom is -0.396 e. The molecule has 2 aliphatic rings. The van der Waals surface area contributed by atoms with Gasteiger partial charge in [-0.15, -0.1) is 0 Å². The molecule has 0 heterocycles. The van der Waals surface area contributed by atoms with Crippen molar-refractivity contribution in [3.05, 3.63) is 0 Å². The van der Waals surface area contributed by atoms with Crippen LogP contribution in [0.1, 0.15) is 38.5 Å². The van der Waals surface area contributed by atoms with Gasteiger partial charge in [-0.3, -0.25) is 0 Å². The Hall–Kier alpha value is -0.580. The average Bonchev–Trinajstić information content (AvgIpc) is 2.43. The molecule has 0 aromatic heterocycles. The molecule has 0 bridgehead atoms. The third-order valence-corrected chi connectivity index (χ3v) is 5.15. The smallest absolute Gasteiger partial charge is 0.394 e. The molecule has 0 aromatic carbocycles. The van der Waals surface area contributed by atoms with Crippen LogP contribution < -0.4 is 11.5 Å². The van der Waals surface area contributed by atoms with E-state index in [-0.39, 0.29) is 36.8 Å². The zero-order chi connectivity index (χ0) is 20.1. The van der Waals surface area contributed by atoms with Crippen LogP contribution in [-0.2, 0) is 0 Å². The van der Waals surface area contributed by atoms with E-state index in [1.807, 2.05) is 0 Å². The molecule has 0 aliphatic heterocycles. The summed E-state index contributed by atoms with van der Waals surface area (Å²) in [4.78, 5) is 0.